The highest BCUT2D eigenvalue weighted by Gasteiger charge is 2.16. The molecule has 1 N–H and O–H groups in total. The Bertz CT molecular complexity index is 686. The van der Waals surface area contributed by atoms with E-state index in [0.717, 1.165) is 0 Å². The van der Waals surface area contributed by atoms with Gasteiger partial charge in [-0.3, -0.25) is 14.9 Å². The van der Waals surface area contributed by atoms with Gasteiger partial charge in [0.15, 0.2) is 5.78 Å². The van der Waals surface area contributed by atoms with Gasteiger partial charge in [-0.1, -0.05) is 17.7 Å². The first-order valence-corrected chi connectivity index (χ1v) is 6.17. The lowest BCUT2D eigenvalue weighted by atomic mass is 10.1. The molecule has 5 nitrogen and oxygen atoms in total. The highest BCUT2D eigenvalue weighted by molar-refractivity contribution is 6.30. The van der Waals surface area contributed by atoms with E-state index in [9.17, 15) is 14.9 Å². The molecule has 0 unspecified atom stereocenters. The summed E-state index contributed by atoms with van der Waals surface area (Å²) in [6.45, 7) is 1.36. The van der Waals surface area contributed by atoms with Crippen LogP contribution in [0, 0.1) is 10.1 Å². The van der Waals surface area contributed by atoms with Crippen molar-refractivity contribution in [2.75, 3.05) is 5.32 Å². The van der Waals surface area contributed by atoms with E-state index >= 15 is 0 Å². The molecule has 0 aromatic heterocycles. The van der Waals surface area contributed by atoms with Crippen LogP contribution < -0.4 is 5.32 Å². The third kappa shape index (κ3) is 3.13. The third-order valence-corrected chi connectivity index (χ3v) is 2.94. The Labute approximate surface area is 120 Å². The number of carbonyl (C=O) groups is 1. The molecule has 0 aliphatic carbocycles. The molecule has 2 aromatic rings. The minimum Gasteiger partial charge on any atom is -0.350 e. The normalized spacial score (nSPS) is 10.1. The molecule has 102 valence electrons. The van der Waals surface area contributed by atoms with E-state index in [0.29, 0.717) is 22.0 Å². The summed E-state index contributed by atoms with van der Waals surface area (Å²) in [6, 6.07) is 11.2. The maximum Gasteiger partial charge on any atom is 0.293 e. The number of rotatable bonds is 4. The van der Waals surface area contributed by atoms with Crippen LogP contribution in [0.5, 0.6) is 0 Å². The van der Waals surface area contributed by atoms with Crippen LogP contribution in [0.2, 0.25) is 5.02 Å². The summed E-state index contributed by atoms with van der Waals surface area (Å²) in [7, 11) is 0. The second kappa shape index (κ2) is 5.71. The van der Waals surface area contributed by atoms with Crippen LogP contribution in [-0.4, -0.2) is 10.7 Å². The molecule has 6 heteroatoms. The number of benzene rings is 2. The average molecular weight is 291 g/mol. The lowest BCUT2D eigenvalue weighted by Crippen LogP contribution is -2.00. The van der Waals surface area contributed by atoms with E-state index in [1.807, 2.05) is 0 Å². The van der Waals surface area contributed by atoms with Crippen LogP contribution in [0.25, 0.3) is 0 Å². The van der Waals surface area contributed by atoms with Crippen molar-refractivity contribution in [3.8, 4) is 0 Å². The number of ketones is 1. The lowest BCUT2D eigenvalue weighted by Gasteiger charge is -2.08. The van der Waals surface area contributed by atoms with E-state index in [1.54, 1.807) is 30.3 Å². The molecule has 0 saturated heterocycles. The molecule has 0 amide bonds. The van der Waals surface area contributed by atoms with Crippen molar-refractivity contribution in [1.82, 2.24) is 0 Å². The van der Waals surface area contributed by atoms with Gasteiger partial charge in [-0.15, -0.1) is 0 Å². The maximum atomic E-state index is 11.3. The number of Topliss-reactive ketones (excluding diaryl/α,β-unsaturated/α-hetero) is 1. The molecular formula is C14H11ClN2O3. The van der Waals surface area contributed by atoms with E-state index in [1.165, 1.54) is 19.1 Å². The largest absolute Gasteiger partial charge is 0.350 e. The van der Waals surface area contributed by atoms with Crippen LogP contribution in [0.3, 0.4) is 0 Å². The van der Waals surface area contributed by atoms with Gasteiger partial charge in [-0.25, -0.2) is 0 Å². The molecular weight excluding hydrogens is 280 g/mol. The van der Waals surface area contributed by atoms with Crippen molar-refractivity contribution in [2.24, 2.45) is 0 Å². The average Bonchev–Trinajstić information content (AvgIpc) is 2.38. The predicted octanol–water partition coefficient (Wildman–Crippen LogP) is 4.19. The SMILES string of the molecule is CC(=O)c1ccc(Nc2cccc(Cl)c2)c([N+](=O)[O-])c1. The van der Waals surface area contributed by atoms with Gasteiger partial charge in [0, 0.05) is 22.3 Å². The summed E-state index contributed by atoms with van der Waals surface area (Å²) in [5.74, 6) is -0.220. The first kappa shape index (κ1) is 14.0. The summed E-state index contributed by atoms with van der Waals surface area (Å²) in [5.41, 5.74) is 1.09. The summed E-state index contributed by atoms with van der Waals surface area (Å²) in [6.07, 6.45) is 0. The predicted molar refractivity (Wildman–Crippen MR) is 77.8 cm³/mol. The number of carbonyl (C=O) groups excluding carboxylic acids is 1. The molecule has 0 aliphatic heterocycles. The molecule has 0 saturated carbocycles. The fourth-order valence-electron chi connectivity index (χ4n) is 1.73. The zero-order chi connectivity index (χ0) is 14.7. The fourth-order valence-corrected chi connectivity index (χ4v) is 1.92. The van der Waals surface area contributed by atoms with Gasteiger partial charge in [0.1, 0.15) is 5.69 Å². The number of hydrogen-bond acceptors (Lipinski definition) is 4. The number of nitrogens with one attached hydrogen (secondary N) is 1. The summed E-state index contributed by atoms with van der Waals surface area (Å²) in [5, 5.41) is 14.5. The molecule has 0 atom stereocenters. The first-order chi connectivity index (χ1) is 9.47. The standard InChI is InChI=1S/C14H11ClN2O3/c1-9(18)10-5-6-13(14(7-10)17(19)20)16-12-4-2-3-11(15)8-12/h2-8,16H,1H3. The van der Waals surface area contributed by atoms with Gasteiger partial charge in [-0.05, 0) is 37.3 Å². The van der Waals surface area contributed by atoms with Gasteiger partial charge in [0.05, 0.1) is 4.92 Å². The Hall–Kier alpha value is -2.40. The van der Waals surface area contributed by atoms with E-state index in [2.05, 4.69) is 5.32 Å². The molecule has 0 fully saturated rings. The minimum absolute atomic E-state index is 0.155. The van der Waals surface area contributed by atoms with E-state index in [4.69, 9.17) is 11.6 Å². The zero-order valence-corrected chi connectivity index (χ0v) is 11.3. The first-order valence-electron chi connectivity index (χ1n) is 5.79. The van der Waals surface area contributed by atoms with Gasteiger partial charge in [0.25, 0.3) is 5.69 Å². The molecule has 0 spiro atoms. The van der Waals surface area contributed by atoms with Crippen LogP contribution >= 0.6 is 11.6 Å². The molecule has 0 radical (unpaired) electrons. The van der Waals surface area contributed by atoms with Crippen molar-refractivity contribution in [3.63, 3.8) is 0 Å². The van der Waals surface area contributed by atoms with Crippen molar-refractivity contribution >= 4 is 34.4 Å². The number of nitro groups is 1. The Morgan fingerprint density at radius 1 is 1.25 bits per heavy atom. The van der Waals surface area contributed by atoms with Gasteiger partial charge >= 0.3 is 0 Å². The van der Waals surface area contributed by atoms with Crippen LogP contribution in [-0.2, 0) is 0 Å². The molecule has 0 heterocycles. The zero-order valence-electron chi connectivity index (χ0n) is 10.6. The monoisotopic (exact) mass is 290 g/mol. The second-order valence-corrected chi connectivity index (χ2v) is 4.62. The smallest absolute Gasteiger partial charge is 0.293 e. The van der Waals surface area contributed by atoms with Crippen LogP contribution in [0.15, 0.2) is 42.5 Å². The minimum atomic E-state index is -0.528. The van der Waals surface area contributed by atoms with Crippen molar-refractivity contribution < 1.29 is 9.72 Å². The number of nitrogens with zero attached hydrogens (tertiary/aromatic N) is 1. The number of halogens is 1. The summed E-state index contributed by atoms with van der Waals surface area (Å²) < 4.78 is 0. The topological polar surface area (TPSA) is 72.2 Å². The third-order valence-electron chi connectivity index (χ3n) is 2.70. The van der Waals surface area contributed by atoms with Gasteiger partial charge < -0.3 is 5.32 Å². The quantitative estimate of drug-likeness (QED) is 0.520. The summed E-state index contributed by atoms with van der Waals surface area (Å²) in [4.78, 5) is 21.8. The Morgan fingerprint density at radius 2 is 2.00 bits per heavy atom. The number of anilines is 2. The van der Waals surface area contributed by atoms with Crippen molar-refractivity contribution in [1.29, 1.82) is 0 Å². The second-order valence-electron chi connectivity index (χ2n) is 4.18. The summed E-state index contributed by atoms with van der Waals surface area (Å²) >= 11 is 5.86. The molecule has 20 heavy (non-hydrogen) atoms. The molecule has 0 bridgehead atoms. The molecule has 0 aliphatic rings. The fraction of sp³-hybridized carbons (Fsp3) is 0.0714. The Kier molecular flexibility index (Phi) is 4.00. The van der Waals surface area contributed by atoms with Gasteiger partial charge in [-0.2, -0.15) is 0 Å². The van der Waals surface area contributed by atoms with Crippen molar-refractivity contribution in [2.45, 2.75) is 6.92 Å². The lowest BCUT2D eigenvalue weighted by molar-refractivity contribution is -0.383. The Morgan fingerprint density at radius 3 is 2.60 bits per heavy atom. The van der Waals surface area contributed by atoms with Crippen molar-refractivity contribution in [3.05, 3.63) is 63.2 Å². The highest BCUT2D eigenvalue weighted by Crippen LogP contribution is 2.29. The van der Waals surface area contributed by atoms with Crippen LogP contribution in [0.4, 0.5) is 17.1 Å². The Balaban J connectivity index is 2.41. The van der Waals surface area contributed by atoms with Crippen LogP contribution in [0.1, 0.15) is 17.3 Å². The maximum absolute atomic E-state index is 11.3. The van der Waals surface area contributed by atoms with Gasteiger partial charge in [0.2, 0.25) is 0 Å². The highest BCUT2D eigenvalue weighted by atomic mass is 35.5. The molecule has 2 aromatic carbocycles. The van der Waals surface area contributed by atoms with E-state index in [-0.39, 0.29) is 11.5 Å². The number of hydrogen-bond donors (Lipinski definition) is 1. The molecule has 2 rings (SSSR count). The van der Waals surface area contributed by atoms with E-state index < -0.39 is 4.92 Å². The number of nitro benzene ring substituents is 1.